The molecule has 0 radical (unpaired) electrons. The van der Waals surface area contributed by atoms with Gasteiger partial charge < -0.3 is 10.6 Å². The molecule has 0 unspecified atom stereocenters. The second kappa shape index (κ2) is 9.78. The number of piperidine rings is 2. The summed E-state index contributed by atoms with van der Waals surface area (Å²) < 4.78 is 0. The number of nitrogens with one attached hydrogen (secondary N) is 2. The van der Waals surface area contributed by atoms with Crippen LogP contribution in [0.3, 0.4) is 0 Å². The third kappa shape index (κ3) is 4.68. The van der Waals surface area contributed by atoms with E-state index in [4.69, 9.17) is 0 Å². The van der Waals surface area contributed by atoms with Crippen molar-refractivity contribution in [3.05, 3.63) is 47.5 Å². The van der Waals surface area contributed by atoms with E-state index in [9.17, 15) is 0 Å². The SMILES string of the molecule is Cl.Cl.c1ccc2c(C3CCNCC3)ccc(CC3CCNCC3)c2c1. The van der Waals surface area contributed by atoms with Crippen molar-refractivity contribution in [3.8, 4) is 0 Å². The van der Waals surface area contributed by atoms with Gasteiger partial charge in [-0.15, -0.1) is 24.8 Å². The molecule has 2 saturated heterocycles. The summed E-state index contributed by atoms with van der Waals surface area (Å²) in [4.78, 5) is 0. The number of rotatable bonds is 3. The zero-order valence-electron chi connectivity index (χ0n) is 14.8. The normalized spacial score (nSPS) is 19.2. The van der Waals surface area contributed by atoms with Crippen molar-refractivity contribution in [2.75, 3.05) is 26.2 Å². The van der Waals surface area contributed by atoms with Crippen LogP contribution in [0.5, 0.6) is 0 Å². The van der Waals surface area contributed by atoms with Crippen molar-refractivity contribution in [2.24, 2.45) is 5.92 Å². The van der Waals surface area contributed by atoms with Gasteiger partial charge in [0.15, 0.2) is 0 Å². The molecular weight excluding hydrogens is 351 g/mol. The summed E-state index contributed by atoms with van der Waals surface area (Å²) in [6.07, 6.45) is 6.44. The summed E-state index contributed by atoms with van der Waals surface area (Å²) in [5.74, 6) is 1.58. The zero-order valence-corrected chi connectivity index (χ0v) is 16.4. The Labute approximate surface area is 164 Å². The number of fused-ring (bicyclic) bond motifs is 1. The minimum atomic E-state index is 0. The maximum absolute atomic E-state index is 3.49. The van der Waals surface area contributed by atoms with E-state index in [-0.39, 0.29) is 24.8 Å². The molecule has 2 aliphatic rings. The van der Waals surface area contributed by atoms with Crippen LogP contribution >= 0.6 is 24.8 Å². The molecule has 0 aliphatic carbocycles. The molecule has 0 spiro atoms. The van der Waals surface area contributed by atoms with E-state index in [1.807, 2.05) is 0 Å². The monoisotopic (exact) mass is 380 g/mol. The number of hydrogen-bond acceptors (Lipinski definition) is 2. The lowest BCUT2D eigenvalue weighted by Gasteiger charge is -2.26. The first kappa shape index (κ1) is 20.5. The van der Waals surface area contributed by atoms with Crippen LogP contribution in [0, 0.1) is 5.92 Å². The fourth-order valence-electron chi connectivity index (χ4n) is 4.45. The summed E-state index contributed by atoms with van der Waals surface area (Å²) in [6.45, 7) is 4.71. The van der Waals surface area contributed by atoms with Gasteiger partial charge in [-0.25, -0.2) is 0 Å². The van der Waals surface area contributed by atoms with Crippen LogP contribution in [0.1, 0.15) is 42.7 Å². The van der Waals surface area contributed by atoms with Gasteiger partial charge in [0, 0.05) is 0 Å². The molecular formula is C21H30Cl2N2. The molecule has 2 aromatic rings. The van der Waals surface area contributed by atoms with Crippen molar-refractivity contribution < 1.29 is 0 Å². The van der Waals surface area contributed by atoms with E-state index in [0.717, 1.165) is 24.9 Å². The molecule has 2 fully saturated rings. The molecule has 2 heterocycles. The number of halogens is 2. The maximum atomic E-state index is 3.49. The van der Waals surface area contributed by atoms with Gasteiger partial charge in [0.1, 0.15) is 0 Å². The molecule has 25 heavy (non-hydrogen) atoms. The Hall–Kier alpha value is -0.800. The van der Waals surface area contributed by atoms with Gasteiger partial charge in [-0.2, -0.15) is 0 Å². The fraction of sp³-hybridized carbons (Fsp3) is 0.524. The first-order chi connectivity index (χ1) is 11.4. The molecule has 4 heteroatoms. The van der Waals surface area contributed by atoms with Crippen molar-refractivity contribution >= 4 is 35.6 Å². The summed E-state index contributed by atoms with van der Waals surface area (Å²) in [5, 5.41) is 9.98. The second-order valence-corrected chi connectivity index (χ2v) is 7.28. The lowest BCUT2D eigenvalue weighted by molar-refractivity contribution is 0.373. The fourth-order valence-corrected chi connectivity index (χ4v) is 4.45. The summed E-state index contributed by atoms with van der Waals surface area (Å²) in [7, 11) is 0. The molecule has 0 aromatic heterocycles. The Morgan fingerprint density at radius 2 is 1.32 bits per heavy atom. The minimum Gasteiger partial charge on any atom is -0.317 e. The Kier molecular flexibility index (Phi) is 8.02. The quantitative estimate of drug-likeness (QED) is 0.806. The van der Waals surface area contributed by atoms with Gasteiger partial charge in [0.05, 0.1) is 0 Å². The predicted octanol–water partition coefficient (Wildman–Crippen LogP) is 4.69. The van der Waals surface area contributed by atoms with Gasteiger partial charge in [-0.05, 0) is 92.0 Å². The molecule has 0 saturated carbocycles. The molecule has 2 aliphatic heterocycles. The third-order valence-electron chi connectivity index (χ3n) is 5.79. The Balaban J connectivity index is 0.00000113. The van der Waals surface area contributed by atoms with Gasteiger partial charge >= 0.3 is 0 Å². The van der Waals surface area contributed by atoms with E-state index in [2.05, 4.69) is 47.0 Å². The average Bonchev–Trinajstić information content (AvgIpc) is 2.64. The van der Waals surface area contributed by atoms with E-state index in [1.165, 1.54) is 56.0 Å². The van der Waals surface area contributed by atoms with Crippen molar-refractivity contribution in [2.45, 2.75) is 38.0 Å². The highest BCUT2D eigenvalue weighted by atomic mass is 35.5. The average molecular weight is 381 g/mol. The van der Waals surface area contributed by atoms with Gasteiger partial charge in [-0.3, -0.25) is 0 Å². The standard InChI is InChI=1S/C21H28N2.2ClH/c1-2-4-21-19(3-1)18(15-16-7-11-22-12-8-16)5-6-20(21)17-9-13-23-14-10-17;;/h1-6,16-17,22-23H,7-15H2;2*1H. The van der Waals surface area contributed by atoms with Crippen molar-refractivity contribution in [1.29, 1.82) is 0 Å². The van der Waals surface area contributed by atoms with Crippen molar-refractivity contribution in [1.82, 2.24) is 10.6 Å². The number of benzene rings is 2. The van der Waals surface area contributed by atoms with E-state index in [1.54, 1.807) is 11.1 Å². The van der Waals surface area contributed by atoms with E-state index >= 15 is 0 Å². The van der Waals surface area contributed by atoms with Crippen molar-refractivity contribution in [3.63, 3.8) is 0 Å². The predicted molar refractivity (Wildman–Crippen MR) is 113 cm³/mol. The van der Waals surface area contributed by atoms with Crippen LogP contribution in [0.4, 0.5) is 0 Å². The molecule has 2 aromatic carbocycles. The highest BCUT2D eigenvalue weighted by Gasteiger charge is 2.20. The smallest absolute Gasteiger partial charge is 0.00431 e. The first-order valence-corrected chi connectivity index (χ1v) is 9.34. The molecule has 2 N–H and O–H groups in total. The summed E-state index contributed by atoms with van der Waals surface area (Å²) in [6, 6.07) is 14.0. The molecule has 0 amide bonds. The topological polar surface area (TPSA) is 24.1 Å². The zero-order chi connectivity index (χ0) is 15.5. The Morgan fingerprint density at radius 3 is 2.00 bits per heavy atom. The van der Waals surface area contributed by atoms with Gasteiger partial charge in [-0.1, -0.05) is 36.4 Å². The largest absolute Gasteiger partial charge is 0.317 e. The van der Waals surface area contributed by atoms with Crippen LogP contribution in [0.25, 0.3) is 10.8 Å². The lowest BCUT2D eigenvalue weighted by Crippen LogP contribution is -2.28. The maximum Gasteiger partial charge on any atom is -0.00431 e. The molecule has 4 rings (SSSR count). The van der Waals surface area contributed by atoms with Crippen LogP contribution < -0.4 is 10.6 Å². The third-order valence-corrected chi connectivity index (χ3v) is 5.79. The highest BCUT2D eigenvalue weighted by Crippen LogP contribution is 2.34. The van der Waals surface area contributed by atoms with Gasteiger partial charge in [0.2, 0.25) is 0 Å². The molecule has 138 valence electrons. The summed E-state index contributed by atoms with van der Waals surface area (Å²) in [5.41, 5.74) is 3.14. The molecule has 0 atom stereocenters. The Bertz CT molecular complexity index is 662. The van der Waals surface area contributed by atoms with Crippen LogP contribution in [-0.2, 0) is 6.42 Å². The van der Waals surface area contributed by atoms with E-state index < -0.39 is 0 Å². The molecule has 2 nitrogen and oxygen atoms in total. The van der Waals surface area contributed by atoms with Gasteiger partial charge in [0.25, 0.3) is 0 Å². The van der Waals surface area contributed by atoms with Crippen LogP contribution in [0.15, 0.2) is 36.4 Å². The first-order valence-electron chi connectivity index (χ1n) is 9.34. The second-order valence-electron chi connectivity index (χ2n) is 7.28. The van der Waals surface area contributed by atoms with E-state index in [0.29, 0.717) is 0 Å². The van der Waals surface area contributed by atoms with Crippen LogP contribution in [0.2, 0.25) is 0 Å². The number of hydrogen-bond donors (Lipinski definition) is 2. The molecule has 0 bridgehead atoms. The highest BCUT2D eigenvalue weighted by molar-refractivity contribution is 5.89. The minimum absolute atomic E-state index is 0. The van der Waals surface area contributed by atoms with Crippen LogP contribution in [-0.4, -0.2) is 26.2 Å². The Morgan fingerprint density at radius 1 is 0.720 bits per heavy atom. The summed E-state index contributed by atoms with van der Waals surface area (Å²) >= 11 is 0. The lowest BCUT2D eigenvalue weighted by atomic mass is 9.83.